The summed E-state index contributed by atoms with van der Waals surface area (Å²) in [4.78, 5) is 22.1. The molecule has 98 valence electrons. The number of amides is 1. The number of hydrogen-bond acceptors (Lipinski definition) is 3. The average molecular weight is 247 g/mol. The lowest BCUT2D eigenvalue weighted by Crippen LogP contribution is -2.43. The molecule has 0 aliphatic rings. The highest BCUT2D eigenvalue weighted by atomic mass is 19.1. The predicted molar refractivity (Wildman–Crippen MR) is 60.3 cm³/mol. The van der Waals surface area contributed by atoms with Crippen LogP contribution in [0.25, 0.3) is 0 Å². The second-order valence-corrected chi connectivity index (χ2v) is 4.56. The summed E-state index contributed by atoms with van der Waals surface area (Å²) in [5.41, 5.74) is -0.709. The van der Waals surface area contributed by atoms with Crippen LogP contribution in [0.4, 0.5) is 9.18 Å². The predicted octanol–water partition coefficient (Wildman–Crippen LogP) is 2.23. The minimum atomic E-state index is -1.24. The molecule has 0 fully saturated rings. The van der Waals surface area contributed by atoms with Crippen molar-refractivity contribution in [3.05, 3.63) is 11.9 Å². The number of ether oxygens (including phenoxy) is 1. The maximum atomic E-state index is 12.5. The molecule has 0 aromatic rings. The highest BCUT2D eigenvalue weighted by Gasteiger charge is 2.23. The van der Waals surface area contributed by atoms with Crippen LogP contribution >= 0.6 is 0 Å². The Kier molecular flexibility index (Phi) is 5.64. The lowest BCUT2D eigenvalue weighted by Gasteiger charge is -2.21. The summed E-state index contributed by atoms with van der Waals surface area (Å²) in [6, 6.07) is -1.20. The average Bonchev–Trinajstić information content (AvgIpc) is 2.08. The Labute approximate surface area is 99.6 Å². The summed E-state index contributed by atoms with van der Waals surface area (Å²) in [7, 11) is 0. The summed E-state index contributed by atoms with van der Waals surface area (Å²) in [6.45, 7) is 6.18. The summed E-state index contributed by atoms with van der Waals surface area (Å²) in [6.07, 6.45) is 0.127. The summed E-state index contributed by atoms with van der Waals surface area (Å²) < 4.78 is 17.4. The van der Waals surface area contributed by atoms with Gasteiger partial charge in [-0.05, 0) is 34.1 Å². The SMILES string of the molecule is C/C(F)=C/C[C@@H](NC(=O)OC(C)(C)C)C(=O)O. The third-order valence-electron chi connectivity index (χ3n) is 1.62. The van der Waals surface area contributed by atoms with Gasteiger partial charge in [-0.2, -0.15) is 0 Å². The van der Waals surface area contributed by atoms with Crippen molar-refractivity contribution in [2.24, 2.45) is 0 Å². The van der Waals surface area contributed by atoms with Crippen LogP contribution in [0, 0.1) is 0 Å². The van der Waals surface area contributed by atoms with E-state index in [2.05, 4.69) is 5.32 Å². The number of nitrogens with one attached hydrogen (secondary N) is 1. The van der Waals surface area contributed by atoms with Crippen molar-refractivity contribution in [1.29, 1.82) is 0 Å². The zero-order chi connectivity index (χ0) is 13.6. The van der Waals surface area contributed by atoms with E-state index in [9.17, 15) is 14.0 Å². The van der Waals surface area contributed by atoms with E-state index in [1.54, 1.807) is 20.8 Å². The molecule has 0 rings (SSSR count). The normalized spacial score (nSPS) is 14.1. The van der Waals surface area contributed by atoms with E-state index in [-0.39, 0.29) is 6.42 Å². The van der Waals surface area contributed by atoms with Crippen LogP contribution in [-0.4, -0.2) is 28.8 Å². The summed E-state index contributed by atoms with van der Waals surface area (Å²) >= 11 is 0. The van der Waals surface area contributed by atoms with Crippen molar-refractivity contribution in [2.75, 3.05) is 0 Å². The van der Waals surface area contributed by atoms with E-state index in [1.807, 2.05) is 0 Å². The quantitative estimate of drug-likeness (QED) is 0.798. The number of carboxylic acids is 1. The molecule has 0 bridgehead atoms. The second kappa shape index (κ2) is 6.22. The fraction of sp³-hybridized carbons (Fsp3) is 0.636. The van der Waals surface area contributed by atoms with Gasteiger partial charge in [0.15, 0.2) is 0 Å². The molecule has 1 amide bonds. The Balaban J connectivity index is 4.41. The lowest BCUT2D eigenvalue weighted by molar-refractivity contribution is -0.139. The first-order chi connectivity index (χ1) is 7.61. The maximum Gasteiger partial charge on any atom is 0.408 e. The Bertz CT molecular complexity index is 316. The number of aliphatic carboxylic acids is 1. The highest BCUT2D eigenvalue weighted by Crippen LogP contribution is 2.08. The topological polar surface area (TPSA) is 75.6 Å². The molecule has 0 aliphatic heterocycles. The first kappa shape index (κ1) is 15.4. The van der Waals surface area contributed by atoms with Gasteiger partial charge in [-0.15, -0.1) is 0 Å². The van der Waals surface area contributed by atoms with Gasteiger partial charge in [0.25, 0.3) is 0 Å². The second-order valence-electron chi connectivity index (χ2n) is 4.56. The van der Waals surface area contributed by atoms with Gasteiger partial charge in [-0.25, -0.2) is 14.0 Å². The molecule has 0 heterocycles. The first-order valence-corrected chi connectivity index (χ1v) is 5.16. The zero-order valence-electron chi connectivity index (χ0n) is 10.4. The lowest BCUT2D eigenvalue weighted by atomic mass is 10.2. The van der Waals surface area contributed by atoms with Gasteiger partial charge in [0.1, 0.15) is 11.6 Å². The smallest absolute Gasteiger partial charge is 0.408 e. The van der Waals surface area contributed by atoms with E-state index in [1.165, 1.54) is 6.92 Å². The van der Waals surface area contributed by atoms with E-state index in [0.29, 0.717) is 0 Å². The molecular weight excluding hydrogens is 229 g/mol. The van der Waals surface area contributed by atoms with Gasteiger partial charge in [0, 0.05) is 0 Å². The molecule has 0 radical (unpaired) electrons. The van der Waals surface area contributed by atoms with Crippen LogP contribution in [-0.2, 0) is 9.53 Å². The Hall–Kier alpha value is -1.59. The largest absolute Gasteiger partial charge is 0.480 e. The van der Waals surface area contributed by atoms with Crippen molar-refractivity contribution < 1.29 is 23.8 Å². The molecule has 0 aromatic carbocycles. The number of carboxylic acid groups (broad SMARTS) is 1. The zero-order valence-corrected chi connectivity index (χ0v) is 10.4. The standard InChI is InChI=1S/C11H18FNO4/c1-7(12)5-6-8(9(14)15)13-10(16)17-11(2,3)4/h5,8H,6H2,1-4H3,(H,13,16)(H,14,15)/b7-5-/t8-/m1/s1. The Morgan fingerprint density at radius 3 is 2.35 bits per heavy atom. The first-order valence-electron chi connectivity index (χ1n) is 5.16. The molecule has 0 spiro atoms. The molecule has 0 aromatic heterocycles. The third kappa shape index (κ3) is 8.24. The molecule has 6 heteroatoms. The van der Waals surface area contributed by atoms with Gasteiger partial charge >= 0.3 is 12.1 Å². The van der Waals surface area contributed by atoms with Crippen LogP contribution < -0.4 is 5.32 Å². The van der Waals surface area contributed by atoms with E-state index >= 15 is 0 Å². The molecule has 1 atom stereocenters. The van der Waals surface area contributed by atoms with Crippen LogP contribution in [0.3, 0.4) is 0 Å². The van der Waals surface area contributed by atoms with Gasteiger partial charge in [-0.3, -0.25) is 0 Å². The van der Waals surface area contributed by atoms with Gasteiger partial charge < -0.3 is 15.2 Å². The van der Waals surface area contributed by atoms with Gasteiger partial charge in [0.05, 0.1) is 5.83 Å². The van der Waals surface area contributed by atoms with Crippen molar-refractivity contribution in [3.8, 4) is 0 Å². The molecule has 0 unspecified atom stereocenters. The highest BCUT2D eigenvalue weighted by molar-refractivity contribution is 5.80. The van der Waals surface area contributed by atoms with E-state index < -0.39 is 29.5 Å². The Morgan fingerprint density at radius 2 is 2.00 bits per heavy atom. The fourth-order valence-corrected chi connectivity index (χ4v) is 0.952. The number of alkyl carbamates (subject to hydrolysis) is 1. The number of carbonyl (C=O) groups is 2. The minimum Gasteiger partial charge on any atom is -0.480 e. The molecule has 0 saturated carbocycles. The van der Waals surface area contributed by atoms with Gasteiger partial charge in [0.2, 0.25) is 0 Å². The van der Waals surface area contributed by atoms with Crippen molar-refractivity contribution in [3.63, 3.8) is 0 Å². The third-order valence-corrected chi connectivity index (χ3v) is 1.62. The minimum absolute atomic E-state index is 0.128. The van der Waals surface area contributed by atoms with Crippen LogP contribution in [0.2, 0.25) is 0 Å². The van der Waals surface area contributed by atoms with Crippen molar-refractivity contribution in [2.45, 2.75) is 45.8 Å². The molecule has 17 heavy (non-hydrogen) atoms. The molecule has 0 aliphatic carbocycles. The van der Waals surface area contributed by atoms with Crippen LogP contribution in [0.5, 0.6) is 0 Å². The number of allylic oxidation sites excluding steroid dienone is 1. The maximum absolute atomic E-state index is 12.5. The molecule has 5 nitrogen and oxygen atoms in total. The molecule has 2 N–H and O–H groups in total. The Morgan fingerprint density at radius 1 is 1.47 bits per heavy atom. The number of carbonyl (C=O) groups excluding carboxylic acids is 1. The molecular formula is C11H18FNO4. The van der Waals surface area contributed by atoms with Crippen molar-refractivity contribution >= 4 is 12.1 Å². The number of rotatable bonds is 4. The number of hydrogen-bond donors (Lipinski definition) is 2. The van der Waals surface area contributed by atoms with E-state index in [0.717, 1.165) is 6.08 Å². The summed E-state index contributed by atoms with van der Waals surface area (Å²) in [5, 5.41) is 11.0. The monoisotopic (exact) mass is 247 g/mol. The van der Waals surface area contributed by atoms with Crippen LogP contribution in [0.15, 0.2) is 11.9 Å². The van der Waals surface area contributed by atoms with Crippen molar-refractivity contribution in [1.82, 2.24) is 5.32 Å². The fourth-order valence-electron chi connectivity index (χ4n) is 0.952. The molecule has 0 saturated heterocycles. The van der Waals surface area contributed by atoms with E-state index in [4.69, 9.17) is 9.84 Å². The number of halogens is 1. The van der Waals surface area contributed by atoms with Crippen LogP contribution in [0.1, 0.15) is 34.1 Å². The summed E-state index contributed by atoms with van der Waals surface area (Å²) in [5.74, 6) is -1.74. The van der Waals surface area contributed by atoms with Gasteiger partial charge in [-0.1, -0.05) is 6.08 Å².